The van der Waals surface area contributed by atoms with E-state index in [-0.39, 0.29) is 11.6 Å². The molecule has 2 aromatic carbocycles. The van der Waals surface area contributed by atoms with Gasteiger partial charge in [0.1, 0.15) is 5.82 Å². The van der Waals surface area contributed by atoms with Crippen molar-refractivity contribution >= 4 is 11.1 Å². The van der Waals surface area contributed by atoms with Crippen LogP contribution < -0.4 is 5.76 Å². The van der Waals surface area contributed by atoms with Crippen LogP contribution in [0.4, 0.5) is 4.39 Å². The lowest BCUT2D eigenvalue weighted by Gasteiger charge is -2.41. The molecule has 23 heavy (non-hydrogen) atoms. The second-order valence-electron chi connectivity index (χ2n) is 5.88. The highest BCUT2D eigenvalue weighted by molar-refractivity contribution is 5.72. The molecule has 1 aromatic heterocycles. The topological polar surface area (TPSA) is 38.4 Å². The Bertz CT molecular complexity index is 882. The number of aromatic nitrogens is 1. The zero-order chi connectivity index (χ0) is 15.8. The summed E-state index contributed by atoms with van der Waals surface area (Å²) in [6.45, 7) is 2.35. The molecule has 0 aliphatic carbocycles. The van der Waals surface area contributed by atoms with Crippen LogP contribution in [0, 0.1) is 5.82 Å². The Balaban J connectivity index is 1.49. The molecule has 118 valence electrons. The van der Waals surface area contributed by atoms with Crippen LogP contribution in [0.3, 0.4) is 0 Å². The molecule has 1 aliphatic heterocycles. The van der Waals surface area contributed by atoms with Crippen molar-refractivity contribution in [1.82, 2.24) is 9.47 Å². The molecule has 2 heterocycles. The van der Waals surface area contributed by atoms with Gasteiger partial charge in [0.2, 0.25) is 0 Å². The predicted molar refractivity (Wildman–Crippen MR) is 85.8 cm³/mol. The molecule has 1 unspecified atom stereocenters. The number of hydrogen-bond acceptors (Lipinski definition) is 3. The van der Waals surface area contributed by atoms with Gasteiger partial charge in [0.15, 0.2) is 5.58 Å². The van der Waals surface area contributed by atoms with Crippen molar-refractivity contribution in [2.75, 3.05) is 13.1 Å². The van der Waals surface area contributed by atoms with Gasteiger partial charge in [-0.25, -0.2) is 9.18 Å². The largest absolute Gasteiger partial charge is 0.419 e. The molecular formula is C18H17FN2O2. The number of fused-ring (bicyclic) bond motifs is 1. The first-order valence-electron chi connectivity index (χ1n) is 7.80. The Kier molecular flexibility index (Phi) is 3.50. The van der Waals surface area contributed by atoms with Crippen LogP contribution in [0.1, 0.15) is 18.0 Å². The van der Waals surface area contributed by atoms with Crippen molar-refractivity contribution in [2.45, 2.75) is 19.0 Å². The van der Waals surface area contributed by atoms with Crippen molar-refractivity contribution in [3.63, 3.8) is 0 Å². The van der Waals surface area contributed by atoms with Gasteiger partial charge in [-0.05, 0) is 36.2 Å². The average molecular weight is 312 g/mol. The van der Waals surface area contributed by atoms with Crippen LogP contribution in [0.15, 0.2) is 57.7 Å². The second-order valence-corrected chi connectivity index (χ2v) is 5.88. The lowest BCUT2D eigenvalue weighted by atomic mass is 9.95. The molecule has 4 nitrogen and oxygen atoms in total. The van der Waals surface area contributed by atoms with Crippen LogP contribution in [-0.2, 0) is 6.54 Å². The fourth-order valence-corrected chi connectivity index (χ4v) is 3.22. The lowest BCUT2D eigenvalue weighted by molar-refractivity contribution is 0.0860. The maximum atomic E-state index is 13.0. The van der Waals surface area contributed by atoms with Crippen LogP contribution in [0.5, 0.6) is 0 Å². The number of hydrogen-bond donors (Lipinski definition) is 0. The first kappa shape index (κ1) is 14.2. The van der Waals surface area contributed by atoms with Crippen molar-refractivity contribution in [3.8, 4) is 0 Å². The molecule has 1 atom stereocenters. The van der Waals surface area contributed by atoms with Crippen molar-refractivity contribution in [3.05, 3.63) is 70.5 Å². The van der Waals surface area contributed by atoms with Gasteiger partial charge in [-0.2, -0.15) is 0 Å². The highest BCUT2D eigenvalue weighted by Gasteiger charge is 2.29. The fraction of sp³-hybridized carbons (Fsp3) is 0.278. The van der Waals surface area contributed by atoms with Crippen LogP contribution >= 0.6 is 0 Å². The van der Waals surface area contributed by atoms with E-state index < -0.39 is 0 Å². The number of benzene rings is 2. The van der Waals surface area contributed by atoms with Gasteiger partial charge in [-0.3, -0.25) is 9.47 Å². The number of rotatable bonds is 4. The lowest BCUT2D eigenvalue weighted by Crippen LogP contribution is -2.43. The normalized spacial score (nSPS) is 18.2. The summed E-state index contributed by atoms with van der Waals surface area (Å²) >= 11 is 0. The van der Waals surface area contributed by atoms with E-state index in [1.165, 1.54) is 12.1 Å². The SMILES string of the molecule is O=c1oc2ccccc2n1CCN1CCC1c1ccc(F)cc1. The van der Waals surface area contributed by atoms with Crippen LogP contribution in [-0.4, -0.2) is 22.6 Å². The van der Waals surface area contributed by atoms with Gasteiger partial charge in [-0.1, -0.05) is 24.3 Å². The van der Waals surface area contributed by atoms with E-state index in [9.17, 15) is 9.18 Å². The minimum Gasteiger partial charge on any atom is -0.408 e. The fourth-order valence-electron chi connectivity index (χ4n) is 3.22. The predicted octanol–water partition coefficient (Wildman–Crippen LogP) is 3.18. The maximum absolute atomic E-state index is 13.0. The van der Waals surface area contributed by atoms with Gasteiger partial charge in [-0.15, -0.1) is 0 Å². The minimum absolute atomic E-state index is 0.212. The van der Waals surface area contributed by atoms with Crippen molar-refractivity contribution < 1.29 is 8.81 Å². The van der Waals surface area contributed by atoms with E-state index in [1.807, 2.05) is 30.3 Å². The summed E-state index contributed by atoms with van der Waals surface area (Å²) < 4.78 is 20.0. The molecule has 1 aliphatic rings. The van der Waals surface area contributed by atoms with Gasteiger partial charge in [0.05, 0.1) is 5.52 Å². The summed E-state index contributed by atoms with van der Waals surface area (Å²) in [5.74, 6) is -0.527. The average Bonchev–Trinajstić information content (AvgIpc) is 2.84. The Morgan fingerprint density at radius 3 is 2.61 bits per heavy atom. The molecule has 0 saturated carbocycles. The molecular weight excluding hydrogens is 295 g/mol. The summed E-state index contributed by atoms with van der Waals surface area (Å²) in [5, 5.41) is 0. The third kappa shape index (κ3) is 2.57. The highest BCUT2D eigenvalue weighted by Crippen LogP contribution is 2.32. The summed E-state index contributed by atoms with van der Waals surface area (Å²) in [4.78, 5) is 14.3. The molecule has 1 fully saturated rings. The summed E-state index contributed by atoms with van der Waals surface area (Å²) in [6.07, 6.45) is 1.06. The smallest absolute Gasteiger partial charge is 0.408 e. The molecule has 0 N–H and O–H groups in total. The number of likely N-dealkylation sites (tertiary alicyclic amines) is 1. The van der Waals surface area contributed by atoms with E-state index >= 15 is 0 Å². The standard InChI is InChI=1S/C18H17FN2O2/c19-14-7-5-13(6-8-14)15-9-10-20(15)11-12-21-16-3-1-2-4-17(16)23-18(21)22/h1-8,15H,9-12H2. The summed E-state index contributed by atoms with van der Waals surface area (Å²) in [6, 6.07) is 14.4. The van der Waals surface area contributed by atoms with E-state index in [4.69, 9.17) is 4.42 Å². The molecule has 0 amide bonds. The third-order valence-corrected chi connectivity index (χ3v) is 4.57. The van der Waals surface area contributed by atoms with Gasteiger partial charge < -0.3 is 4.42 Å². The Morgan fingerprint density at radius 1 is 1.09 bits per heavy atom. The Hall–Kier alpha value is -2.40. The van der Waals surface area contributed by atoms with E-state index in [1.54, 1.807) is 10.6 Å². The number of para-hydroxylation sites is 2. The zero-order valence-corrected chi connectivity index (χ0v) is 12.6. The first-order valence-corrected chi connectivity index (χ1v) is 7.80. The van der Waals surface area contributed by atoms with E-state index in [0.717, 1.165) is 30.6 Å². The second kappa shape index (κ2) is 5.66. The van der Waals surface area contributed by atoms with Gasteiger partial charge >= 0.3 is 5.76 Å². The third-order valence-electron chi connectivity index (χ3n) is 4.57. The van der Waals surface area contributed by atoms with Gasteiger partial charge in [0, 0.05) is 25.7 Å². The molecule has 0 spiro atoms. The van der Waals surface area contributed by atoms with E-state index in [0.29, 0.717) is 18.2 Å². The first-order chi connectivity index (χ1) is 11.2. The molecule has 5 heteroatoms. The van der Waals surface area contributed by atoms with Gasteiger partial charge in [0.25, 0.3) is 0 Å². The summed E-state index contributed by atoms with van der Waals surface area (Å²) in [7, 11) is 0. The quantitative estimate of drug-likeness (QED) is 0.742. The molecule has 3 aromatic rings. The number of halogens is 1. The van der Waals surface area contributed by atoms with Crippen molar-refractivity contribution in [1.29, 1.82) is 0 Å². The molecule has 0 bridgehead atoms. The van der Waals surface area contributed by atoms with E-state index in [2.05, 4.69) is 4.90 Å². The van der Waals surface area contributed by atoms with Crippen LogP contribution in [0.25, 0.3) is 11.1 Å². The van der Waals surface area contributed by atoms with Crippen LogP contribution in [0.2, 0.25) is 0 Å². The molecule has 4 rings (SSSR count). The zero-order valence-electron chi connectivity index (χ0n) is 12.6. The highest BCUT2D eigenvalue weighted by atomic mass is 19.1. The number of oxazole rings is 1. The maximum Gasteiger partial charge on any atom is 0.419 e. The number of nitrogens with zero attached hydrogens (tertiary/aromatic N) is 2. The molecule has 0 radical (unpaired) electrons. The monoisotopic (exact) mass is 312 g/mol. The Morgan fingerprint density at radius 2 is 1.87 bits per heavy atom. The Labute approximate surface area is 132 Å². The summed E-state index contributed by atoms with van der Waals surface area (Å²) in [5.41, 5.74) is 2.58. The van der Waals surface area contributed by atoms with Crippen molar-refractivity contribution in [2.24, 2.45) is 0 Å². The molecule has 1 saturated heterocycles. The minimum atomic E-state index is -0.315.